The number of carbonyl (C=O) groups excluding carboxylic acids is 2. The van der Waals surface area contributed by atoms with E-state index in [2.05, 4.69) is 15.4 Å². The van der Waals surface area contributed by atoms with Crippen LogP contribution in [0.25, 0.3) is 11.0 Å². The molecule has 6 nitrogen and oxygen atoms in total. The zero-order chi connectivity index (χ0) is 14.6. The second-order valence-corrected chi connectivity index (χ2v) is 4.91. The molecule has 1 aliphatic heterocycles. The summed E-state index contributed by atoms with van der Waals surface area (Å²) in [6, 6.07) is 10.4. The smallest absolute Gasteiger partial charge is 0.266 e. The van der Waals surface area contributed by atoms with Gasteiger partial charge in [0.05, 0.1) is 16.8 Å². The predicted molar refractivity (Wildman–Crippen MR) is 76.2 cm³/mol. The number of amides is 2. The molecule has 6 heteroatoms. The van der Waals surface area contributed by atoms with E-state index >= 15 is 0 Å². The minimum atomic E-state index is -0.325. The average molecular weight is 278 g/mol. The van der Waals surface area contributed by atoms with E-state index in [0.29, 0.717) is 27.8 Å². The van der Waals surface area contributed by atoms with Crippen LogP contribution in [0.5, 0.6) is 0 Å². The highest BCUT2D eigenvalue weighted by atomic mass is 16.2. The number of anilines is 1. The number of hydrogen-bond donors (Lipinski definition) is 1. The van der Waals surface area contributed by atoms with Crippen molar-refractivity contribution in [1.82, 2.24) is 15.4 Å². The summed E-state index contributed by atoms with van der Waals surface area (Å²) < 4.78 is 0. The van der Waals surface area contributed by atoms with Crippen LogP contribution >= 0.6 is 0 Å². The Labute approximate surface area is 119 Å². The molecule has 0 unspecified atom stereocenters. The molecule has 2 amide bonds. The van der Waals surface area contributed by atoms with Crippen molar-refractivity contribution in [2.45, 2.75) is 6.92 Å². The summed E-state index contributed by atoms with van der Waals surface area (Å²) in [5.74, 6) is -0.650. The lowest BCUT2D eigenvalue weighted by Gasteiger charge is -2.16. The number of nitrogens with zero attached hydrogens (tertiary/aromatic N) is 3. The number of carbonyl (C=O) groups is 2. The van der Waals surface area contributed by atoms with Crippen molar-refractivity contribution in [3.63, 3.8) is 0 Å². The summed E-state index contributed by atoms with van der Waals surface area (Å²) in [7, 11) is 0. The fourth-order valence-corrected chi connectivity index (χ4v) is 2.67. The summed E-state index contributed by atoms with van der Waals surface area (Å²) >= 11 is 0. The zero-order valence-corrected chi connectivity index (χ0v) is 11.1. The highest BCUT2D eigenvalue weighted by Gasteiger charge is 2.38. The molecule has 1 aliphatic rings. The maximum absolute atomic E-state index is 12.6. The molecule has 1 aromatic heterocycles. The van der Waals surface area contributed by atoms with Crippen LogP contribution in [-0.4, -0.2) is 27.2 Å². The van der Waals surface area contributed by atoms with E-state index in [9.17, 15) is 9.59 Å². The number of imide groups is 1. The Kier molecular flexibility index (Phi) is 2.24. The third kappa shape index (κ3) is 1.47. The molecule has 0 saturated heterocycles. The molecule has 102 valence electrons. The van der Waals surface area contributed by atoms with Gasteiger partial charge in [-0.05, 0) is 30.7 Å². The SMILES string of the molecule is Cc1ccc2n[nH]nc2c1N1C(=O)c2ccccc2C1=O. The Bertz CT molecular complexity index is 878. The fraction of sp³-hybridized carbons (Fsp3) is 0.0667. The highest BCUT2D eigenvalue weighted by molar-refractivity contribution is 6.36. The number of aromatic nitrogens is 3. The first-order valence-electron chi connectivity index (χ1n) is 6.46. The van der Waals surface area contributed by atoms with Crippen LogP contribution in [0.3, 0.4) is 0 Å². The molecule has 3 aromatic rings. The van der Waals surface area contributed by atoms with Crippen LogP contribution in [-0.2, 0) is 0 Å². The van der Waals surface area contributed by atoms with Crippen molar-refractivity contribution < 1.29 is 9.59 Å². The minimum Gasteiger partial charge on any atom is -0.268 e. The van der Waals surface area contributed by atoms with Crippen molar-refractivity contribution in [2.75, 3.05) is 4.90 Å². The van der Waals surface area contributed by atoms with Gasteiger partial charge in [-0.2, -0.15) is 15.4 Å². The van der Waals surface area contributed by atoms with Crippen molar-refractivity contribution in [3.05, 3.63) is 53.1 Å². The second-order valence-electron chi connectivity index (χ2n) is 4.91. The van der Waals surface area contributed by atoms with E-state index in [1.165, 1.54) is 4.90 Å². The van der Waals surface area contributed by atoms with Crippen LogP contribution < -0.4 is 4.90 Å². The molecule has 0 bridgehead atoms. The highest BCUT2D eigenvalue weighted by Crippen LogP contribution is 2.34. The molecule has 2 aromatic carbocycles. The standard InChI is InChI=1S/C15H10N4O2/c1-8-6-7-11-12(17-18-16-11)13(8)19-14(20)9-4-2-3-5-10(9)15(19)21/h2-7H,1H3,(H,16,17,18). The zero-order valence-electron chi connectivity index (χ0n) is 11.1. The lowest BCUT2D eigenvalue weighted by atomic mass is 10.1. The van der Waals surface area contributed by atoms with Crippen LogP contribution in [0.4, 0.5) is 5.69 Å². The number of aromatic amines is 1. The van der Waals surface area contributed by atoms with E-state index in [1.54, 1.807) is 30.3 Å². The number of fused-ring (bicyclic) bond motifs is 2. The third-order valence-corrected chi connectivity index (χ3v) is 3.68. The molecule has 0 fully saturated rings. The van der Waals surface area contributed by atoms with Gasteiger partial charge < -0.3 is 0 Å². The summed E-state index contributed by atoms with van der Waals surface area (Å²) in [4.78, 5) is 26.3. The van der Waals surface area contributed by atoms with Crippen LogP contribution in [0, 0.1) is 6.92 Å². The van der Waals surface area contributed by atoms with Gasteiger partial charge in [0.2, 0.25) is 0 Å². The molecule has 0 radical (unpaired) electrons. The quantitative estimate of drug-likeness (QED) is 0.691. The van der Waals surface area contributed by atoms with Gasteiger partial charge in [0, 0.05) is 0 Å². The monoisotopic (exact) mass is 278 g/mol. The van der Waals surface area contributed by atoms with Gasteiger partial charge in [-0.15, -0.1) is 0 Å². The number of H-pyrrole nitrogens is 1. The van der Waals surface area contributed by atoms with E-state index in [4.69, 9.17) is 0 Å². The molecule has 0 saturated carbocycles. The van der Waals surface area contributed by atoms with Crippen molar-refractivity contribution in [1.29, 1.82) is 0 Å². The Morgan fingerprint density at radius 3 is 2.29 bits per heavy atom. The lowest BCUT2D eigenvalue weighted by molar-refractivity contribution is 0.0926. The Morgan fingerprint density at radius 1 is 0.952 bits per heavy atom. The number of nitrogens with one attached hydrogen (secondary N) is 1. The largest absolute Gasteiger partial charge is 0.268 e. The summed E-state index contributed by atoms with van der Waals surface area (Å²) in [6.07, 6.45) is 0. The van der Waals surface area contributed by atoms with Gasteiger partial charge in [0.15, 0.2) is 0 Å². The molecule has 21 heavy (non-hydrogen) atoms. The molecule has 1 N–H and O–H groups in total. The average Bonchev–Trinajstić information content (AvgIpc) is 3.06. The maximum Gasteiger partial charge on any atom is 0.266 e. The van der Waals surface area contributed by atoms with E-state index in [-0.39, 0.29) is 11.8 Å². The minimum absolute atomic E-state index is 0.325. The second kappa shape index (κ2) is 3.99. The number of aryl methyl sites for hydroxylation is 1. The molecule has 4 rings (SSSR count). The Hall–Kier alpha value is -3.02. The molecule has 0 atom stereocenters. The number of hydrogen-bond acceptors (Lipinski definition) is 4. The van der Waals surface area contributed by atoms with Gasteiger partial charge in [-0.3, -0.25) is 9.59 Å². The summed E-state index contributed by atoms with van der Waals surface area (Å²) in [5.41, 5.74) is 3.26. The van der Waals surface area contributed by atoms with Crippen LogP contribution in [0.15, 0.2) is 36.4 Å². The van der Waals surface area contributed by atoms with Crippen molar-refractivity contribution in [3.8, 4) is 0 Å². The molecule has 0 aliphatic carbocycles. The Balaban J connectivity index is 1.99. The van der Waals surface area contributed by atoms with Gasteiger partial charge in [-0.25, -0.2) is 4.90 Å². The lowest BCUT2D eigenvalue weighted by Crippen LogP contribution is -2.30. The van der Waals surface area contributed by atoms with Crippen LogP contribution in [0.2, 0.25) is 0 Å². The third-order valence-electron chi connectivity index (χ3n) is 3.68. The molecule has 2 heterocycles. The molecular weight excluding hydrogens is 268 g/mol. The van der Waals surface area contributed by atoms with Crippen molar-refractivity contribution >= 4 is 28.5 Å². The van der Waals surface area contributed by atoms with Gasteiger partial charge >= 0.3 is 0 Å². The summed E-state index contributed by atoms with van der Waals surface area (Å²) in [6.45, 7) is 1.84. The van der Waals surface area contributed by atoms with Gasteiger partial charge in [0.1, 0.15) is 11.0 Å². The predicted octanol–water partition coefficient (Wildman–Crippen LogP) is 2.07. The summed E-state index contributed by atoms with van der Waals surface area (Å²) in [5, 5.41) is 10.6. The maximum atomic E-state index is 12.6. The first-order valence-corrected chi connectivity index (χ1v) is 6.46. The number of rotatable bonds is 1. The fourth-order valence-electron chi connectivity index (χ4n) is 2.67. The molecular formula is C15H10N4O2. The van der Waals surface area contributed by atoms with Gasteiger partial charge in [0.25, 0.3) is 11.8 Å². The first-order chi connectivity index (χ1) is 10.2. The molecule has 0 spiro atoms. The van der Waals surface area contributed by atoms with E-state index in [1.807, 2.05) is 13.0 Å². The number of benzene rings is 2. The first kappa shape index (κ1) is 11.8. The topological polar surface area (TPSA) is 79.0 Å². The van der Waals surface area contributed by atoms with Crippen LogP contribution in [0.1, 0.15) is 26.3 Å². The van der Waals surface area contributed by atoms with Crippen molar-refractivity contribution in [2.24, 2.45) is 0 Å². The Morgan fingerprint density at radius 2 is 1.62 bits per heavy atom. The van der Waals surface area contributed by atoms with E-state index < -0.39 is 0 Å². The van der Waals surface area contributed by atoms with Gasteiger partial charge in [-0.1, -0.05) is 18.2 Å². The normalized spacial score (nSPS) is 14.0. The van der Waals surface area contributed by atoms with E-state index in [0.717, 1.165) is 5.56 Å².